The molecule has 0 aliphatic heterocycles. The van der Waals surface area contributed by atoms with Gasteiger partial charge in [-0.2, -0.15) is 26.9 Å². The van der Waals surface area contributed by atoms with Crippen LogP contribution in [0, 0.1) is 11.3 Å². The number of oxime groups is 1. The molecule has 0 unspecified atom stereocenters. The lowest BCUT2D eigenvalue weighted by Crippen LogP contribution is -2.24. The molecule has 1 aromatic rings. The first-order chi connectivity index (χ1) is 9.21. The van der Waals surface area contributed by atoms with E-state index < -0.39 is 21.3 Å². The second kappa shape index (κ2) is 5.79. The third kappa shape index (κ3) is 3.61. The predicted octanol–water partition coefficient (Wildman–Crippen LogP) is 1.79. The number of ether oxygens (including phenoxy) is 1. The van der Waals surface area contributed by atoms with Crippen LogP contribution in [0.1, 0.15) is 5.56 Å². The second-order valence-electron chi connectivity index (χ2n) is 3.25. The molecule has 0 radical (unpaired) electrons. The van der Waals surface area contributed by atoms with E-state index in [-0.39, 0.29) is 5.56 Å². The monoisotopic (exact) mass is 308 g/mol. The maximum Gasteiger partial charge on any atom is 0.536 e. The number of rotatable bonds is 4. The van der Waals surface area contributed by atoms with E-state index in [1.807, 2.05) is 0 Å². The first-order valence-corrected chi connectivity index (χ1v) is 6.24. The molecular formula is C10H7F3N2O4S. The Morgan fingerprint density at radius 2 is 1.85 bits per heavy atom. The number of hydrogen-bond acceptors (Lipinski definition) is 6. The number of benzene rings is 1. The Morgan fingerprint density at radius 3 is 2.25 bits per heavy atom. The molecule has 0 atom stereocenters. The van der Waals surface area contributed by atoms with Crippen LogP contribution in [0.2, 0.25) is 0 Å². The van der Waals surface area contributed by atoms with Gasteiger partial charge in [0.2, 0.25) is 0 Å². The van der Waals surface area contributed by atoms with E-state index in [1.165, 1.54) is 37.4 Å². The molecule has 20 heavy (non-hydrogen) atoms. The van der Waals surface area contributed by atoms with Crippen molar-refractivity contribution in [3.8, 4) is 11.8 Å². The second-order valence-corrected chi connectivity index (χ2v) is 4.77. The number of halogens is 3. The molecule has 6 nitrogen and oxygen atoms in total. The van der Waals surface area contributed by atoms with Crippen LogP contribution in [0.25, 0.3) is 0 Å². The fourth-order valence-corrected chi connectivity index (χ4v) is 1.27. The molecule has 1 aromatic carbocycles. The van der Waals surface area contributed by atoms with Crippen LogP contribution >= 0.6 is 0 Å². The standard InChI is InChI=1S/C10H7F3N2O4S/c1-18-8-4-2-7(3-5-8)9(6-14)15-19-20(16,17)10(11,12)13/h2-5H,1H3. The molecule has 0 bridgehead atoms. The summed E-state index contributed by atoms with van der Waals surface area (Å²) in [6, 6.07) is 6.89. The topological polar surface area (TPSA) is 88.8 Å². The number of nitriles is 1. The third-order valence-electron chi connectivity index (χ3n) is 1.98. The highest BCUT2D eigenvalue weighted by atomic mass is 32.2. The fourth-order valence-electron chi connectivity index (χ4n) is 1.02. The van der Waals surface area contributed by atoms with Gasteiger partial charge in [0, 0.05) is 5.56 Å². The average Bonchev–Trinajstić information content (AvgIpc) is 2.38. The predicted molar refractivity (Wildman–Crippen MR) is 61.2 cm³/mol. The van der Waals surface area contributed by atoms with Gasteiger partial charge < -0.3 is 4.74 Å². The van der Waals surface area contributed by atoms with Crippen LogP contribution < -0.4 is 4.74 Å². The third-order valence-corrected chi connectivity index (χ3v) is 2.82. The Kier molecular flexibility index (Phi) is 4.57. The largest absolute Gasteiger partial charge is 0.536 e. The molecule has 0 fully saturated rings. The molecule has 1 rings (SSSR count). The van der Waals surface area contributed by atoms with Crippen molar-refractivity contribution in [1.29, 1.82) is 5.26 Å². The van der Waals surface area contributed by atoms with Gasteiger partial charge in [-0.1, -0.05) is 5.16 Å². The van der Waals surface area contributed by atoms with Gasteiger partial charge in [0.1, 0.15) is 11.8 Å². The van der Waals surface area contributed by atoms with Crippen molar-refractivity contribution in [1.82, 2.24) is 0 Å². The van der Waals surface area contributed by atoms with Crippen LogP contribution in [0.15, 0.2) is 29.4 Å². The lowest BCUT2D eigenvalue weighted by Gasteiger charge is -2.05. The quantitative estimate of drug-likeness (QED) is 0.480. The minimum absolute atomic E-state index is 0.0747. The lowest BCUT2D eigenvalue weighted by atomic mass is 10.1. The van der Waals surface area contributed by atoms with E-state index in [2.05, 4.69) is 9.44 Å². The van der Waals surface area contributed by atoms with Gasteiger partial charge in [-0.3, -0.25) is 4.28 Å². The van der Waals surface area contributed by atoms with E-state index in [4.69, 9.17) is 10.00 Å². The van der Waals surface area contributed by atoms with Gasteiger partial charge in [-0.15, -0.1) is 0 Å². The summed E-state index contributed by atoms with van der Waals surface area (Å²) in [6.07, 6.45) is 0. The Bertz CT molecular complexity index is 645. The molecule has 0 aliphatic rings. The molecule has 0 aromatic heterocycles. The Morgan fingerprint density at radius 1 is 1.30 bits per heavy atom. The zero-order valence-electron chi connectivity index (χ0n) is 9.88. The molecule has 0 saturated heterocycles. The molecule has 0 spiro atoms. The van der Waals surface area contributed by atoms with Crippen molar-refractivity contribution in [2.24, 2.45) is 5.16 Å². The van der Waals surface area contributed by atoms with Crippen molar-refractivity contribution in [3.05, 3.63) is 29.8 Å². The van der Waals surface area contributed by atoms with Crippen LogP contribution in [0.4, 0.5) is 13.2 Å². The highest BCUT2D eigenvalue weighted by Crippen LogP contribution is 2.25. The van der Waals surface area contributed by atoms with Crippen LogP contribution in [-0.4, -0.2) is 26.7 Å². The summed E-state index contributed by atoms with van der Waals surface area (Å²) in [7, 11) is -4.49. The Balaban J connectivity index is 3.02. The van der Waals surface area contributed by atoms with Crippen LogP contribution in [0.3, 0.4) is 0 Å². The molecule has 0 aliphatic carbocycles. The number of alkyl halides is 3. The van der Waals surface area contributed by atoms with Gasteiger partial charge in [0.25, 0.3) is 0 Å². The SMILES string of the molecule is COc1ccc(C(C#N)=NOS(=O)(=O)C(F)(F)F)cc1. The number of hydrogen-bond donors (Lipinski definition) is 0. The zero-order valence-corrected chi connectivity index (χ0v) is 10.7. The van der Waals surface area contributed by atoms with Crippen molar-refractivity contribution < 1.29 is 30.6 Å². The van der Waals surface area contributed by atoms with Gasteiger partial charge in [0.05, 0.1) is 7.11 Å². The number of methoxy groups -OCH3 is 1. The van der Waals surface area contributed by atoms with Gasteiger partial charge >= 0.3 is 15.6 Å². The maximum absolute atomic E-state index is 12.0. The van der Waals surface area contributed by atoms with E-state index in [0.29, 0.717) is 5.75 Å². The van der Waals surface area contributed by atoms with Crippen LogP contribution in [-0.2, 0) is 14.4 Å². The molecule has 10 heteroatoms. The molecule has 108 valence electrons. The van der Waals surface area contributed by atoms with Crippen molar-refractivity contribution in [2.75, 3.05) is 7.11 Å². The van der Waals surface area contributed by atoms with E-state index >= 15 is 0 Å². The first kappa shape index (κ1) is 15.8. The first-order valence-electron chi connectivity index (χ1n) is 4.83. The Labute approximate surface area is 112 Å². The fraction of sp³-hybridized carbons (Fsp3) is 0.200. The van der Waals surface area contributed by atoms with E-state index in [0.717, 1.165) is 0 Å². The molecule has 0 saturated carbocycles. The van der Waals surface area contributed by atoms with Crippen molar-refractivity contribution >= 4 is 15.8 Å². The normalized spacial score (nSPS) is 12.7. The van der Waals surface area contributed by atoms with E-state index in [9.17, 15) is 21.6 Å². The lowest BCUT2D eigenvalue weighted by molar-refractivity contribution is -0.0540. The highest BCUT2D eigenvalue weighted by Gasteiger charge is 2.49. The van der Waals surface area contributed by atoms with Gasteiger partial charge in [-0.05, 0) is 24.3 Å². The van der Waals surface area contributed by atoms with Gasteiger partial charge in [0.15, 0.2) is 5.71 Å². The summed E-state index contributed by atoms with van der Waals surface area (Å²) in [5.74, 6) is 0.440. The zero-order chi connectivity index (χ0) is 15.4. The van der Waals surface area contributed by atoms with Gasteiger partial charge in [-0.25, -0.2) is 0 Å². The van der Waals surface area contributed by atoms with E-state index in [1.54, 1.807) is 0 Å². The summed E-state index contributed by atoms with van der Waals surface area (Å²) >= 11 is 0. The molecule has 0 N–H and O–H groups in total. The van der Waals surface area contributed by atoms with Crippen molar-refractivity contribution in [3.63, 3.8) is 0 Å². The molecular weight excluding hydrogens is 301 g/mol. The number of nitrogens with zero attached hydrogens (tertiary/aromatic N) is 2. The molecule has 0 heterocycles. The summed E-state index contributed by atoms with van der Waals surface area (Å²) in [4.78, 5) is 0. The average molecular weight is 308 g/mol. The smallest absolute Gasteiger partial charge is 0.497 e. The maximum atomic E-state index is 12.0. The molecule has 0 amide bonds. The minimum Gasteiger partial charge on any atom is -0.497 e. The summed E-state index contributed by atoms with van der Waals surface area (Å²) < 4.78 is 65.5. The highest BCUT2D eigenvalue weighted by molar-refractivity contribution is 7.87. The summed E-state index contributed by atoms with van der Waals surface area (Å²) in [5.41, 5.74) is -6.16. The minimum atomic E-state index is -5.89. The van der Waals surface area contributed by atoms with Crippen molar-refractivity contribution in [2.45, 2.75) is 5.51 Å². The Hall–Kier alpha value is -2.28. The summed E-state index contributed by atoms with van der Waals surface area (Å²) in [6.45, 7) is 0. The summed E-state index contributed by atoms with van der Waals surface area (Å²) in [5, 5.41) is 11.5. The van der Waals surface area contributed by atoms with Crippen LogP contribution in [0.5, 0.6) is 5.75 Å².